The van der Waals surface area contributed by atoms with Crippen LogP contribution in [0.4, 0.5) is 0 Å². The van der Waals surface area contributed by atoms with Crippen molar-refractivity contribution in [2.24, 2.45) is 0 Å². The molecule has 0 unspecified atom stereocenters. The molecular weight excluding hydrogens is 164 g/mol. The van der Waals surface area contributed by atoms with Gasteiger partial charge in [-0.1, -0.05) is 32.6 Å². The van der Waals surface area contributed by atoms with E-state index in [4.69, 9.17) is 9.78 Å². The fourth-order valence-electron chi connectivity index (χ4n) is 1.38. The molecule has 1 saturated carbocycles. The van der Waals surface area contributed by atoms with Crippen LogP contribution in [0.2, 0.25) is 0 Å². The molecule has 1 aliphatic rings. The summed E-state index contributed by atoms with van der Waals surface area (Å²) in [6, 6.07) is 0. The Kier molecular flexibility index (Phi) is 6.21. The van der Waals surface area contributed by atoms with Gasteiger partial charge in [-0.2, -0.15) is 0 Å². The Bertz CT molecular complexity index is 111. The Balaban J connectivity index is 1.68. The normalized spacial score (nSPS) is 17.3. The third-order valence-corrected chi connectivity index (χ3v) is 2.59. The van der Waals surface area contributed by atoms with E-state index in [9.17, 15) is 0 Å². The summed E-state index contributed by atoms with van der Waals surface area (Å²) in [6.45, 7) is 3.01. The third-order valence-electron chi connectivity index (χ3n) is 2.59. The standard InChI is InChI=1S/C11H22O2/c1-2-3-4-5-6-10-12-13-11-8-7-9-11/h11H,2-10H2,1H3. The molecule has 0 atom stereocenters. The zero-order valence-corrected chi connectivity index (χ0v) is 8.76. The van der Waals surface area contributed by atoms with Crippen LogP contribution < -0.4 is 0 Å². The van der Waals surface area contributed by atoms with Crippen molar-refractivity contribution in [1.29, 1.82) is 0 Å². The van der Waals surface area contributed by atoms with E-state index in [1.54, 1.807) is 0 Å². The quantitative estimate of drug-likeness (QED) is 0.328. The number of hydrogen-bond acceptors (Lipinski definition) is 2. The van der Waals surface area contributed by atoms with Crippen molar-refractivity contribution in [3.05, 3.63) is 0 Å². The summed E-state index contributed by atoms with van der Waals surface area (Å²) in [7, 11) is 0. The molecule has 13 heavy (non-hydrogen) atoms. The van der Waals surface area contributed by atoms with Crippen LogP contribution in [0.25, 0.3) is 0 Å². The van der Waals surface area contributed by atoms with Crippen LogP contribution in [0.1, 0.15) is 58.3 Å². The largest absolute Gasteiger partial charge is 0.236 e. The highest BCUT2D eigenvalue weighted by Crippen LogP contribution is 2.21. The zero-order valence-electron chi connectivity index (χ0n) is 8.76. The van der Waals surface area contributed by atoms with Gasteiger partial charge in [-0.3, -0.25) is 0 Å². The Labute approximate surface area is 81.5 Å². The summed E-state index contributed by atoms with van der Waals surface area (Å²) in [5.41, 5.74) is 0. The molecule has 0 N–H and O–H groups in total. The second kappa shape index (κ2) is 7.34. The summed E-state index contributed by atoms with van der Waals surface area (Å²) < 4.78 is 0. The van der Waals surface area contributed by atoms with Gasteiger partial charge >= 0.3 is 0 Å². The zero-order chi connectivity index (χ0) is 9.36. The molecule has 1 rings (SSSR count). The molecule has 0 aromatic carbocycles. The molecule has 0 aliphatic heterocycles. The second-order valence-corrected chi connectivity index (χ2v) is 3.89. The van der Waals surface area contributed by atoms with Crippen LogP contribution in [0.5, 0.6) is 0 Å². The molecule has 0 saturated heterocycles. The predicted molar refractivity (Wildman–Crippen MR) is 53.4 cm³/mol. The van der Waals surface area contributed by atoms with Crippen molar-refractivity contribution in [3.8, 4) is 0 Å². The molecule has 0 heterocycles. The summed E-state index contributed by atoms with van der Waals surface area (Å²) >= 11 is 0. The van der Waals surface area contributed by atoms with Gasteiger partial charge in [0.1, 0.15) is 0 Å². The average Bonchev–Trinajstić information content (AvgIpc) is 2.07. The highest BCUT2D eigenvalue weighted by Gasteiger charge is 2.18. The number of unbranched alkanes of at least 4 members (excludes halogenated alkanes) is 4. The SMILES string of the molecule is CCCCCCCOOC1CCC1. The first-order valence-corrected chi connectivity index (χ1v) is 5.71. The average molecular weight is 186 g/mol. The van der Waals surface area contributed by atoms with Gasteiger partial charge in [0.05, 0.1) is 12.7 Å². The molecule has 1 aliphatic carbocycles. The Morgan fingerprint density at radius 1 is 1.08 bits per heavy atom. The van der Waals surface area contributed by atoms with Crippen molar-refractivity contribution in [3.63, 3.8) is 0 Å². The fourth-order valence-corrected chi connectivity index (χ4v) is 1.38. The van der Waals surface area contributed by atoms with Crippen LogP contribution in [0, 0.1) is 0 Å². The van der Waals surface area contributed by atoms with E-state index in [1.807, 2.05) is 0 Å². The van der Waals surface area contributed by atoms with E-state index in [2.05, 4.69) is 6.92 Å². The van der Waals surface area contributed by atoms with E-state index in [1.165, 1.54) is 44.9 Å². The Morgan fingerprint density at radius 3 is 2.46 bits per heavy atom. The molecule has 0 spiro atoms. The van der Waals surface area contributed by atoms with Crippen LogP contribution in [-0.2, 0) is 9.78 Å². The first-order chi connectivity index (χ1) is 6.43. The molecule has 0 amide bonds. The molecule has 0 aromatic heterocycles. The number of rotatable bonds is 8. The maximum atomic E-state index is 5.18. The number of hydrogen-bond donors (Lipinski definition) is 0. The fraction of sp³-hybridized carbons (Fsp3) is 1.00. The van der Waals surface area contributed by atoms with Crippen LogP contribution in [0.3, 0.4) is 0 Å². The van der Waals surface area contributed by atoms with Crippen LogP contribution in [0.15, 0.2) is 0 Å². The van der Waals surface area contributed by atoms with E-state index in [0.29, 0.717) is 6.10 Å². The summed E-state index contributed by atoms with van der Waals surface area (Å²) in [4.78, 5) is 10.3. The van der Waals surface area contributed by atoms with Crippen molar-refractivity contribution in [2.75, 3.05) is 6.61 Å². The van der Waals surface area contributed by atoms with Gasteiger partial charge in [0, 0.05) is 0 Å². The maximum Gasteiger partial charge on any atom is 0.0930 e. The van der Waals surface area contributed by atoms with Gasteiger partial charge in [0.2, 0.25) is 0 Å². The lowest BCUT2D eigenvalue weighted by Gasteiger charge is -2.23. The highest BCUT2D eigenvalue weighted by molar-refractivity contribution is 4.67. The van der Waals surface area contributed by atoms with Crippen molar-refractivity contribution >= 4 is 0 Å². The third kappa shape index (κ3) is 5.27. The first-order valence-electron chi connectivity index (χ1n) is 5.71. The minimum Gasteiger partial charge on any atom is -0.236 e. The smallest absolute Gasteiger partial charge is 0.0930 e. The van der Waals surface area contributed by atoms with Gasteiger partial charge in [-0.05, 0) is 25.7 Å². The lowest BCUT2D eigenvalue weighted by Crippen LogP contribution is -2.21. The molecule has 0 bridgehead atoms. The summed E-state index contributed by atoms with van der Waals surface area (Å²) in [6.07, 6.45) is 10.5. The van der Waals surface area contributed by atoms with E-state index in [-0.39, 0.29) is 0 Å². The van der Waals surface area contributed by atoms with E-state index in [0.717, 1.165) is 13.0 Å². The van der Waals surface area contributed by atoms with Gasteiger partial charge in [0.15, 0.2) is 0 Å². The molecule has 0 radical (unpaired) electrons. The molecule has 2 nitrogen and oxygen atoms in total. The Morgan fingerprint density at radius 2 is 1.85 bits per heavy atom. The monoisotopic (exact) mass is 186 g/mol. The van der Waals surface area contributed by atoms with E-state index >= 15 is 0 Å². The van der Waals surface area contributed by atoms with Gasteiger partial charge < -0.3 is 0 Å². The molecular formula is C11H22O2. The van der Waals surface area contributed by atoms with Gasteiger partial charge in [-0.25, -0.2) is 9.78 Å². The molecule has 0 aromatic rings. The molecule has 2 heteroatoms. The van der Waals surface area contributed by atoms with Crippen molar-refractivity contribution in [1.82, 2.24) is 0 Å². The summed E-state index contributed by atoms with van der Waals surface area (Å²) in [5.74, 6) is 0. The van der Waals surface area contributed by atoms with Crippen molar-refractivity contribution < 1.29 is 9.78 Å². The second-order valence-electron chi connectivity index (χ2n) is 3.89. The van der Waals surface area contributed by atoms with Gasteiger partial charge in [-0.15, -0.1) is 0 Å². The topological polar surface area (TPSA) is 18.5 Å². The minimum atomic E-state index is 0.413. The highest BCUT2D eigenvalue weighted by atomic mass is 17.2. The lowest BCUT2D eigenvalue weighted by molar-refractivity contribution is -0.337. The maximum absolute atomic E-state index is 5.18. The summed E-state index contributed by atoms with van der Waals surface area (Å²) in [5, 5.41) is 0. The predicted octanol–water partition coefficient (Wildman–Crippen LogP) is 3.46. The van der Waals surface area contributed by atoms with E-state index < -0.39 is 0 Å². The molecule has 1 fully saturated rings. The first kappa shape index (κ1) is 11.0. The van der Waals surface area contributed by atoms with Crippen LogP contribution in [-0.4, -0.2) is 12.7 Å². The molecule has 78 valence electrons. The van der Waals surface area contributed by atoms with Crippen LogP contribution >= 0.6 is 0 Å². The van der Waals surface area contributed by atoms with Crippen molar-refractivity contribution in [2.45, 2.75) is 64.4 Å². The lowest BCUT2D eigenvalue weighted by atomic mass is 9.97. The Hall–Kier alpha value is -0.0800. The van der Waals surface area contributed by atoms with Gasteiger partial charge in [0.25, 0.3) is 0 Å². The minimum absolute atomic E-state index is 0.413.